The molecule has 4 rings (SSSR count). The first kappa shape index (κ1) is 22.0. The molecule has 33 heavy (non-hydrogen) atoms. The highest BCUT2D eigenvalue weighted by molar-refractivity contribution is 7.80. The Morgan fingerprint density at radius 1 is 1.12 bits per heavy atom. The first-order valence-electron chi connectivity index (χ1n) is 9.88. The van der Waals surface area contributed by atoms with E-state index >= 15 is 0 Å². The zero-order chi connectivity index (χ0) is 23.2. The molecule has 10 nitrogen and oxygen atoms in total. The van der Waals surface area contributed by atoms with Gasteiger partial charge in [-0.15, -0.1) is 5.10 Å². The minimum atomic E-state index is -0.263. The number of nitrogens with one attached hydrogen (secondary N) is 3. The number of methoxy groups -OCH3 is 1. The zero-order valence-corrected chi connectivity index (χ0v) is 18.4. The van der Waals surface area contributed by atoms with E-state index in [1.54, 1.807) is 55.8 Å². The SMILES string of the molecule is COc1ccc(NC(=O)Cn2cc(COc3ccc(C=C4NC(=S)NC4=O)cc3)nn2)cc1. The molecule has 0 bridgehead atoms. The van der Waals surface area contributed by atoms with Crippen molar-refractivity contribution in [2.45, 2.75) is 13.2 Å². The second kappa shape index (κ2) is 9.92. The number of carbonyl (C=O) groups excluding carboxylic acids is 2. The average Bonchev–Trinajstić information content (AvgIpc) is 3.38. The quantitative estimate of drug-likeness (QED) is 0.341. The maximum Gasteiger partial charge on any atom is 0.273 e. The van der Waals surface area contributed by atoms with Crippen LogP contribution < -0.4 is 25.4 Å². The van der Waals surface area contributed by atoms with E-state index in [0.717, 1.165) is 5.56 Å². The molecule has 0 atom stereocenters. The number of thiocarbonyl (C=S) groups is 1. The van der Waals surface area contributed by atoms with Gasteiger partial charge in [-0.2, -0.15) is 0 Å². The molecule has 3 aromatic rings. The molecule has 3 N–H and O–H groups in total. The number of benzene rings is 2. The molecule has 2 aromatic carbocycles. The number of hydrogen-bond donors (Lipinski definition) is 3. The average molecular weight is 465 g/mol. The van der Waals surface area contributed by atoms with Crippen molar-refractivity contribution in [1.29, 1.82) is 0 Å². The summed E-state index contributed by atoms with van der Waals surface area (Å²) >= 11 is 4.91. The summed E-state index contributed by atoms with van der Waals surface area (Å²) in [6.45, 7) is 0.214. The van der Waals surface area contributed by atoms with E-state index < -0.39 is 0 Å². The van der Waals surface area contributed by atoms with Gasteiger partial charge in [0.15, 0.2) is 5.11 Å². The number of hydrogen-bond acceptors (Lipinski definition) is 7. The summed E-state index contributed by atoms with van der Waals surface area (Å²) in [4.78, 5) is 23.9. The van der Waals surface area contributed by atoms with Gasteiger partial charge in [0, 0.05) is 5.69 Å². The Morgan fingerprint density at radius 2 is 1.85 bits per heavy atom. The van der Waals surface area contributed by atoms with Crippen LogP contribution in [0, 0.1) is 0 Å². The molecule has 2 heterocycles. The molecule has 1 saturated heterocycles. The highest BCUT2D eigenvalue weighted by atomic mass is 32.1. The van der Waals surface area contributed by atoms with Gasteiger partial charge in [0.05, 0.1) is 13.3 Å². The molecule has 0 radical (unpaired) electrons. The smallest absolute Gasteiger partial charge is 0.273 e. The molecule has 0 unspecified atom stereocenters. The Hall–Kier alpha value is -4.25. The Morgan fingerprint density at radius 3 is 2.52 bits per heavy atom. The first-order chi connectivity index (χ1) is 16.0. The number of amides is 2. The van der Waals surface area contributed by atoms with Gasteiger partial charge in [0.25, 0.3) is 5.91 Å². The summed E-state index contributed by atoms with van der Waals surface area (Å²) in [5.74, 6) is 0.848. The van der Waals surface area contributed by atoms with Crippen molar-refractivity contribution in [1.82, 2.24) is 25.6 Å². The van der Waals surface area contributed by atoms with Gasteiger partial charge in [-0.3, -0.25) is 14.9 Å². The fourth-order valence-electron chi connectivity index (χ4n) is 2.97. The van der Waals surface area contributed by atoms with Crippen LogP contribution in [-0.4, -0.2) is 39.0 Å². The molecular weight excluding hydrogens is 444 g/mol. The van der Waals surface area contributed by atoms with Gasteiger partial charge in [-0.25, -0.2) is 4.68 Å². The maximum absolute atomic E-state index is 12.2. The molecule has 11 heteroatoms. The lowest BCUT2D eigenvalue weighted by Gasteiger charge is -2.06. The van der Waals surface area contributed by atoms with Crippen LogP contribution in [0.3, 0.4) is 0 Å². The van der Waals surface area contributed by atoms with Gasteiger partial charge in [-0.05, 0) is 60.3 Å². The number of nitrogens with zero attached hydrogens (tertiary/aromatic N) is 3. The third-order valence-electron chi connectivity index (χ3n) is 4.56. The van der Waals surface area contributed by atoms with Crippen molar-refractivity contribution in [2.24, 2.45) is 0 Å². The van der Waals surface area contributed by atoms with Gasteiger partial charge < -0.3 is 20.1 Å². The zero-order valence-electron chi connectivity index (χ0n) is 17.6. The second-order valence-corrected chi connectivity index (χ2v) is 7.42. The van der Waals surface area contributed by atoms with Crippen molar-refractivity contribution < 1.29 is 19.1 Å². The van der Waals surface area contributed by atoms with E-state index in [4.69, 9.17) is 21.7 Å². The minimum absolute atomic E-state index is 0.0213. The molecule has 2 amide bonds. The highest BCUT2D eigenvalue weighted by Gasteiger charge is 2.19. The molecule has 0 aliphatic carbocycles. The van der Waals surface area contributed by atoms with Gasteiger partial charge in [-0.1, -0.05) is 17.3 Å². The summed E-state index contributed by atoms with van der Waals surface area (Å²) in [5, 5.41) is 16.4. The Labute approximate surface area is 194 Å². The number of ether oxygens (including phenoxy) is 2. The second-order valence-electron chi connectivity index (χ2n) is 7.01. The van der Waals surface area contributed by atoms with Crippen LogP contribution in [0.1, 0.15) is 11.3 Å². The fourth-order valence-corrected chi connectivity index (χ4v) is 3.17. The lowest BCUT2D eigenvalue weighted by atomic mass is 10.2. The molecule has 1 fully saturated rings. The predicted molar refractivity (Wildman–Crippen MR) is 124 cm³/mol. The van der Waals surface area contributed by atoms with Gasteiger partial charge >= 0.3 is 0 Å². The van der Waals surface area contributed by atoms with Crippen molar-refractivity contribution in [3.05, 3.63) is 71.7 Å². The van der Waals surface area contributed by atoms with Crippen LogP contribution in [0.5, 0.6) is 11.5 Å². The van der Waals surface area contributed by atoms with Crippen molar-refractivity contribution in [2.75, 3.05) is 12.4 Å². The largest absolute Gasteiger partial charge is 0.497 e. The first-order valence-corrected chi connectivity index (χ1v) is 10.3. The predicted octanol–water partition coefficient (Wildman–Crippen LogP) is 1.85. The Bertz CT molecular complexity index is 1200. The molecule has 1 aromatic heterocycles. The number of carbonyl (C=O) groups is 2. The van der Waals surface area contributed by atoms with Crippen LogP contribution >= 0.6 is 12.2 Å². The van der Waals surface area contributed by atoms with Crippen molar-refractivity contribution in [3.8, 4) is 11.5 Å². The number of aromatic nitrogens is 3. The lowest BCUT2D eigenvalue weighted by molar-refractivity contribution is -0.117. The number of anilines is 1. The van der Waals surface area contributed by atoms with E-state index in [0.29, 0.717) is 28.6 Å². The molecule has 168 valence electrons. The van der Waals surface area contributed by atoms with E-state index in [2.05, 4.69) is 26.3 Å². The summed E-state index contributed by atoms with van der Waals surface area (Å²) in [6, 6.07) is 14.2. The van der Waals surface area contributed by atoms with E-state index in [9.17, 15) is 9.59 Å². The minimum Gasteiger partial charge on any atom is -0.497 e. The van der Waals surface area contributed by atoms with Crippen molar-refractivity contribution in [3.63, 3.8) is 0 Å². The summed E-state index contributed by atoms with van der Waals surface area (Å²) in [6.07, 6.45) is 3.35. The maximum atomic E-state index is 12.2. The molecule has 0 saturated carbocycles. The molecular formula is C22H20N6O4S. The standard InChI is InChI=1S/C22H20N6O4S/c1-31-17-8-4-15(5-9-17)23-20(29)12-28-11-16(26-27-28)13-32-18-6-2-14(3-7-18)10-19-21(30)25-22(33)24-19/h2-11H,12-13H2,1H3,(H,23,29)(H2,24,25,30,33). The molecule has 0 spiro atoms. The molecule has 1 aliphatic heterocycles. The summed E-state index contributed by atoms with van der Waals surface area (Å²) in [7, 11) is 1.58. The lowest BCUT2D eigenvalue weighted by Crippen LogP contribution is -2.21. The van der Waals surface area contributed by atoms with Crippen molar-refractivity contribution >= 4 is 40.9 Å². The summed E-state index contributed by atoms with van der Waals surface area (Å²) in [5.41, 5.74) is 2.45. The van der Waals surface area contributed by atoms with Gasteiger partial charge in [0.2, 0.25) is 5.91 Å². The van der Waals surface area contributed by atoms with E-state index in [1.807, 2.05) is 12.1 Å². The van der Waals surface area contributed by atoms with Crippen LogP contribution in [0.4, 0.5) is 5.69 Å². The van der Waals surface area contributed by atoms with E-state index in [1.165, 1.54) is 4.68 Å². The summed E-state index contributed by atoms with van der Waals surface area (Å²) < 4.78 is 12.3. The third-order valence-corrected chi connectivity index (χ3v) is 4.77. The highest BCUT2D eigenvalue weighted by Crippen LogP contribution is 2.17. The topological polar surface area (TPSA) is 119 Å². The Kier molecular flexibility index (Phi) is 6.60. The monoisotopic (exact) mass is 464 g/mol. The van der Waals surface area contributed by atoms with E-state index in [-0.39, 0.29) is 30.1 Å². The fraction of sp³-hybridized carbons (Fsp3) is 0.136. The van der Waals surface area contributed by atoms with Gasteiger partial charge in [0.1, 0.15) is 36.0 Å². The molecule has 1 aliphatic rings. The van der Waals surface area contributed by atoms with Crippen LogP contribution in [-0.2, 0) is 22.7 Å². The normalized spacial score (nSPS) is 14.0. The number of rotatable bonds is 8. The van der Waals surface area contributed by atoms with Crippen LogP contribution in [0.25, 0.3) is 6.08 Å². The van der Waals surface area contributed by atoms with Crippen LogP contribution in [0.15, 0.2) is 60.4 Å². The Balaban J connectivity index is 1.27. The third kappa shape index (κ3) is 5.92. The van der Waals surface area contributed by atoms with Crippen LogP contribution in [0.2, 0.25) is 0 Å².